The number of rotatable bonds is 6. The number of nitrogen functional groups attached to an aromatic ring is 1. The van der Waals surface area contributed by atoms with E-state index in [-0.39, 0.29) is 11.2 Å². The molecule has 2 aromatic heterocycles. The molecule has 1 aliphatic heterocycles. The predicted molar refractivity (Wildman–Crippen MR) is 121 cm³/mol. The van der Waals surface area contributed by atoms with Crippen LogP contribution in [0.1, 0.15) is 54.2 Å². The van der Waals surface area contributed by atoms with Gasteiger partial charge in [-0.1, -0.05) is 20.8 Å². The van der Waals surface area contributed by atoms with Crippen LogP contribution in [-0.4, -0.2) is 55.4 Å². The molecule has 0 radical (unpaired) electrons. The Kier molecular flexibility index (Phi) is 6.80. The Morgan fingerprint density at radius 3 is 2.45 bits per heavy atom. The third kappa shape index (κ3) is 5.78. The molecule has 0 aromatic carbocycles. The predicted octanol–water partition coefficient (Wildman–Crippen LogP) is 3.17. The van der Waals surface area contributed by atoms with E-state index < -0.39 is 36.9 Å². The lowest BCUT2D eigenvalue weighted by atomic mass is 9.87. The van der Waals surface area contributed by atoms with Crippen molar-refractivity contribution in [2.45, 2.75) is 78.1 Å². The van der Waals surface area contributed by atoms with Crippen LogP contribution >= 0.6 is 6.72 Å². The maximum Gasteiger partial charge on any atom is 0.325 e. The minimum absolute atomic E-state index is 0.0774. The van der Waals surface area contributed by atoms with E-state index in [1.165, 1.54) is 6.33 Å². The third-order valence-electron chi connectivity index (χ3n) is 4.68. The molecule has 0 saturated carbocycles. The Morgan fingerprint density at radius 1 is 1.19 bits per heavy atom. The van der Waals surface area contributed by atoms with E-state index in [1.54, 1.807) is 18.0 Å². The lowest BCUT2D eigenvalue weighted by Gasteiger charge is -2.32. The molecular weight excluding hydrogens is 441 g/mol. The molecule has 2 aromatic rings. The van der Waals surface area contributed by atoms with E-state index in [0.717, 1.165) is 0 Å². The van der Waals surface area contributed by atoms with Gasteiger partial charge in [-0.05, 0) is 44.4 Å². The summed E-state index contributed by atoms with van der Waals surface area (Å²) in [6, 6.07) is 0. The molecule has 1 aliphatic rings. The molecule has 0 bridgehead atoms. The highest BCUT2D eigenvalue weighted by atomic mass is 32.5. The smallest absolute Gasteiger partial charge is 0.325 e. The van der Waals surface area contributed by atoms with Crippen LogP contribution in [0.2, 0.25) is 0 Å². The van der Waals surface area contributed by atoms with E-state index in [0.29, 0.717) is 17.6 Å². The summed E-state index contributed by atoms with van der Waals surface area (Å²) in [6.45, 7) is 8.16. The van der Waals surface area contributed by atoms with Gasteiger partial charge in [-0.3, -0.25) is 9.09 Å². The molecular formula is C19H32N5O5PS. The average Bonchev–Trinajstić information content (AvgIpc) is 3.13. The Hall–Kier alpha value is -1.20. The van der Waals surface area contributed by atoms with Gasteiger partial charge in [-0.25, -0.2) is 15.0 Å². The summed E-state index contributed by atoms with van der Waals surface area (Å²) in [6.07, 6.45) is 1.31. The van der Waals surface area contributed by atoms with Crippen LogP contribution in [0.3, 0.4) is 0 Å². The van der Waals surface area contributed by atoms with Crippen molar-refractivity contribution in [3.63, 3.8) is 0 Å². The van der Waals surface area contributed by atoms with Crippen molar-refractivity contribution in [2.75, 3.05) is 12.8 Å². The van der Waals surface area contributed by atoms with Gasteiger partial charge in [-0.15, -0.1) is 0 Å². The summed E-state index contributed by atoms with van der Waals surface area (Å²) >= 11 is 5.31. The molecule has 0 aliphatic carbocycles. The highest BCUT2D eigenvalue weighted by Gasteiger charge is 2.50. The molecule has 31 heavy (non-hydrogen) atoms. The molecule has 5 atom stereocenters. The van der Waals surface area contributed by atoms with Crippen LogP contribution in [0.15, 0.2) is 12.7 Å². The zero-order chi connectivity index (χ0) is 23.2. The average molecular weight is 474 g/mol. The maximum absolute atomic E-state index is 10.8. The number of nitrogens with two attached hydrogens (primary N) is 1. The van der Waals surface area contributed by atoms with Crippen molar-refractivity contribution in [1.29, 1.82) is 0 Å². The van der Waals surface area contributed by atoms with Crippen molar-refractivity contribution in [1.82, 2.24) is 19.5 Å². The monoisotopic (exact) mass is 473 g/mol. The van der Waals surface area contributed by atoms with Crippen LogP contribution in [-0.2, 0) is 30.3 Å². The van der Waals surface area contributed by atoms with Gasteiger partial charge in [0.2, 0.25) is 0 Å². The zero-order valence-corrected chi connectivity index (χ0v) is 20.7. The van der Waals surface area contributed by atoms with Gasteiger partial charge in [0, 0.05) is 7.11 Å². The summed E-state index contributed by atoms with van der Waals surface area (Å²) < 4.78 is 25.6. The van der Waals surface area contributed by atoms with Crippen molar-refractivity contribution < 1.29 is 23.4 Å². The number of hydrogen-bond donors (Lipinski definition) is 2. The second-order valence-corrected chi connectivity index (χ2v) is 12.6. The van der Waals surface area contributed by atoms with Gasteiger partial charge in [0.25, 0.3) is 0 Å². The molecule has 0 amide bonds. The summed E-state index contributed by atoms with van der Waals surface area (Å²) in [5.74, 6) is 0.277. The van der Waals surface area contributed by atoms with Gasteiger partial charge in [0.05, 0.1) is 18.0 Å². The van der Waals surface area contributed by atoms with Crippen LogP contribution in [0.5, 0.6) is 0 Å². The first kappa shape index (κ1) is 24.4. The maximum atomic E-state index is 10.8. The number of imidazole rings is 1. The number of methoxy groups -OCH3 is 1. The number of nitrogens with zero attached hydrogens (tertiary/aromatic N) is 4. The van der Waals surface area contributed by atoms with Gasteiger partial charge < -0.3 is 24.6 Å². The second kappa shape index (κ2) is 8.62. The number of ether oxygens (including phenoxy) is 2. The SMILES string of the molecule is CO[C@@H]1[C@H](OP(O)(=S)OC(C)(C)C)[C@@H](CC(C)(C)C)O[C@H]1n1cnc2c(N)ncnc21. The van der Waals surface area contributed by atoms with Gasteiger partial charge in [-0.2, -0.15) is 0 Å². The fourth-order valence-corrected chi connectivity index (χ4v) is 5.92. The van der Waals surface area contributed by atoms with Crippen LogP contribution < -0.4 is 5.73 Å². The molecule has 3 N–H and O–H groups in total. The van der Waals surface area contributed by atoms with E-state index in [1.807, 2.05) is 20.8 Å². The van der Waals surface area contributed by atoms with Crippen LogP contribution in [0.4, 0.5) is 5.82 Å². The fraction of sp³-hybridized carbons (Fsp3) is 0.737. The van der Waals surface area contributed by atoms with Crippen molar-refractivity contribution in [3.8, 4) is 0 Å². The third-order valence-corrected chi connectivity index (χ3v) is 6.45. The molecule has 12 heteroatoms. The minimum Gasteiger partial charge on any atom is -0.382 e. The van der Waals surface area contributed by atoms with Crippen molar-refractivity contribution in [2.24, 2.45) is 5.41 Å². The highest BCUT2D eigenvalue weighted by molar-refractivity contribution is 8.07. The Bertz CT molecular complexity index is 973. The van der Waals surface area contributed by atoms with Crippen molar-refractivity contribution >= 4 is 35.5 Å². The molecule has 3 rings (SSSR count). The van der Waals surface area contributed by atoms with Gasteiger partial charge in [0.15, 0.2) is 17.7 Å². The highest BCUT2D eigenvalue weighted by Crippen LogP contribution is 2.53. The van der Waals surface area contributed by atoms with E-state index >= 15 is 0 Å². The first-order valence-electron chi connectivity index (χ1n) is 10.0. The Balaban J connectivity index is 1.99. The Labute approximate surface area is 187 Å². The summed E-state index contributed by atoms with van der Waals surface area (Å²) in [5.41, 5.74) is 6.18. The first-order valence-corrected chi connectivity index (χ1v) is 12.6. The lowest BCUT2D eigenvalue weighted by Crippen LogP contribution is -2.37. The molecule has 1 unspecified atom stereocenters. The number of anilines is 1. The summed E-state index contributed by atoms with van der Waals surface area (Å²) in [5, 5.41) is 0. The number of aromatic nitrogens is 4. The van der Waals surface area contributed by atoms with E-state index in [4.69, 9.17) is 36.1 Å². The van der Waals surface area contributed by atoms with Gasteiger partial charge in [0.1, 0.15) is 24.1 Å². The fourth-order valence-electron chi connectivity index (χ4n) is 3.66. The molecule has 1 saturated heterocycles. The minimum atomic E-state index is -3.57. The number of fused-ring (bicyclic) bond motifs is 1. The van der Waals surface area contributed by atoms with Crippen LogP contribution in [0, 0.1) is 5.41 Å². The Morgan fingerprint density at radius 2 is 1.87 bits per heavy atom. The van der Waals surface area contributed by atoms with E-state index in [2.05, 4.69) is 35.7 Å². The molecule has 0 spiro atoms. The first-order chi connectivity index (χ1) is 14.2. The van der Waals surface area contributed by atoms with Crippen LogP contribution in [0.25, 0.3) is 11.2 Å². The lowest BCUT2D eigenvalue weighted by molar-refractivity contribution is -0.0549. The summed E-state index contributed by atoms with van der Waals surface area (Å²) in [4.78, 5) is 23.4. The van der Waals surface area contributed by atoms with Crippen molar-refractivity contribution in [3.05, 3.63) is 12.7 Å². The second-order valence-electron chi connectivity index (χ2n) is 9.86. The van der Waals surface area contributed by atoms with Gasteiger partial charge >= 0.3 is 6.72 Å². The molecule has 10 nitrogen and oxygen atoms in total. The largest absolute Gasteiger partial charge is 0.382 e. The summed E-state index contributed by atoms with van der Waals surface area (Å²) in [7, 11) is 1.56. The topological polar surface area (TPSA) is 127 Å². The molecule has 1 fully saturated rings. The number of hydrogen-bond acceptors (Lipinski definition) is 9. The zero-order valence-electron chi connectivity index (χ0n) is 19.0. The molecule has 174 valence electrons. The molecule has 3 heterocycles. The van der Waals surface area contributed by atoms with E-state index in [9.17, 15) is 4.89 Å². The standard InChI is InChI=1S/C19H32N5O5PS/c1-18(2,3)8-11-13(28-30(25,31)29-19(4,5)6)14(26-7)17(27-11)24-10-23-12-15(20)21-9-22-16(12)24/h9-11,13-14,17H,8H2,1-7H3,(H,25,31)(H2,20,21,22)/t11-,13-,14-,17-,30?/m1/s1. The quantitative estimate of drug-likeness (QED) is 0.604. The normalized spacial score (nSPS) is 27.0.